The Morgan fingerprint density at radius 3 is 2.64 bits per heavy atom. The molecule has 0 spiro atoms. The number of rotatable bonds is 6. The molecule has 3 heteroatoms. The molecule has 0 radical (unpaired) electrons. The Kier molecular flexibility index (Phi) is 6.15. The zero-order valence-corrected chi connectivity index (χ0v) is 9.59. The van der Waals surface area contributed by atoms with Gasteiger partial charge in [-0.1, -0.05) is 6.92 Å². The van der Waals surface area contributed by atoms with E-state index >= 15 is 0 Å². The van der Waals surface area contributed by atoms with Crippen molar-refractivity contribution in [2.24, 2.45) is 0 Å². The van der Waals surface area contributed by atoms with Crippen LogP contribution < -0.4 is 5.32 Å². The second-order valence-electron chi connectivity index (χ2n) is 4.12. The summed E-state index contributed by atoms with van der Waals surface area (Å²) in [4.78, 5) is 2.37. The van der Waals surface area contributed by atoms with Crippen molar-refractivity contribution >= 4 is 0 Å². The van der Waals surface area contributed by atoms with Crippen LogP contribution in [0.4, 0.5) is 0 Å². The molecule has 1 heterocycles. The van der Waals surface area contributed by atoms with Gasteiger partial charge >= 0.3 is 0 Å². The molecule has 3 nitrogen and oxygen atoms in total. The molecule has 0 aliphatic carbocycles. The van der Waals surface area contributed by atoms with E-state index in [4.69, 9.17) is 4.74 Å². The third-order valence-corrected chi connectivity index (χ3v) is 2.72. The van der Waals surface area contributed by atoms with Crippen LogP contribution in [0.15, 0.2) is 0 Å². The van der Waals surface area contributed by atoms with E-state index < -0.39 is 0 Å². The van der Waals surface area contributed by atoms with Gasteiger partial charge in [0.15, 0.2) is 0 Å². The van der Waals surface area contributed by atoms with Crippen molar-refractivity contribution in [2.75, 3.05) is 39.8 Å². The lowest BCUT2D eigenvalue weighted by molar-refractivity contribution is 0.0143. The van der Waals surface area contributed by atoms with Gasteiger partial charge in [-0.25, -0.2) is 0 Å². The maximum Gasteiger partial charge on any atom is 0.0600 e. The topological polar surface area (TPSA) is 24.5 Å². The Labute approximate surface area is 87.8 Å². The van der Waals surface area contributed by atoms with Gasteiger partial charge in [-0.15, -0.1) is 0 Å². The summed E-state index contributed by atoms with van der Waals surface area (Å²) in [5.74, 6) is 0. The number of hydrogen-bond donors (Lipinski definition) is 1. The predicted octanol–water partition coefficient (Wildman–Crippen LogP) is 1.10. The Morgan fingerprint density at radius 1 is 1.29 bits per heavy atom. The highest BCUT2D eigenvalue weighted by atomic mass is 16.5. The molecule has 1 saturated heterocycles. The first kappa shape index (κ1) is 12.0. The molecule has 1 N–H and O–H groups in total. The fourth-order valence-electron chi connectivity index (χ4n) is 1.75. The average Bonchev–Trinajstić information content (AvgIpc) is 2.21. The van der Waals surface area contributed by atoms with Gasteiger partial charge < -0.3 is 15.0 Å². The van der Waals surface area contributed by atoms with Crippen LogP contribution in [0.5, 0.6) is 0 Å². The molecule has 0 aromatic carbocycles. The average molecular weight is 200 g/mol. The minimum absolute atomic E-state index is 0.509. The fraction of sp³-hybridized carbons (Fsp3) is 1.00. The molecule has 0 bridgehead atoms. The van der Waals surface area contributed by atoms with Crippen molar-refractivity contribution < 1.29 is 4.74 Å². The van der Waals surface area contributed by atoms with Gasteiger partial charge in [0.1, 0.15) is 0 Å². The highest BCUT2D eigenvalue weighted by molar-refractivity contribution is 4.69. The lowest BCUT2D eigenvalue weighted by Crippen LogP contribution is -2.35. The Morgan fingerprint density at radius 2 is 2.00 bits per heavy atom. The Bertz CT molecular complexity index is 133. The normalized spacial score (nSPS) is 20.1. The molecule has 0 aromatic heterocycles. The van der Waals surface area contributed by atoms with Gasteiger partial charge in [-0.05, 0) is 32.9 Å². The molecule has 1 aliphatic heterocycles. The predicted molar refractivity (Wildman–Crippen MR) is 59.6 cm³/mol. The molecule has 14 heavy (non-hydrogen) atoms. The number of hydrogen-bond acceptors (Lipinski definition) is 3. The lowest BCUT2D eigenvalue weighted by Gasteiger charge is -2.28. The first-order valence-electron chi connectivity index (χ1n) is 5.83. The van der Waals surface area contributed by atoms with Gasteiger partial charge in [0.05, 0.1) is 12.7 Å². The van der Waals surface area contributed by atoms with E-state index in [0.29, 0.717) is 6.10 Å². The maximum atomic E-state index is 5.79. The highest BCUT2D eigenvalue weighted by Crippen LogP contribution is 2.11. The van der Waals surface area contributed by atoms with Gasteiger partial charge in [-0.2, -0.15) is 0 Å². The molecule has 1 fully saturated rings. The summed E-state index contributed by atoms with van der Waals surface area (Å²) in [6.45, 7) is 7.54. The summed E-state index contributed by atoms with van der Waals surface area (Å²) >= 11 is 0. The highest BCUT2D eigenvalue weighted by Gasteiger charge is 2.16. The molecular weight excluding hydrogens is 176 g/mol. The molecule has 84 valence electrons. The van der Waals surface area contributed by atoms with Gasteiger partial charge in [0.2, 0.25) is 0 Å². The summed E-state index contributed by atoms with van der Waals surface area (Å²) in [5.41, 5.74) is 0. The molecule has 0 aromatic rings. The molecule has 0 amide bonds. The molecule has 0 unspecified atom stereocenters. The quantitative estimate of drug-likeness (QED) is 0.650. The summed E-state index contributed by atoms with van der Waals surface area (Å²) in [5, 5.41) is 3.35. The lowest BCUT2D eigenvalue weighted by atomic mass is 10.1. The van der Waals surface area contributed by atoms with Crippen LogP contribution in [0.2, 0.25) is 0 Å². The van der Waals surface area contributed by atoms with E-state index in [1.807, 2.05) is 0 Å². The second-order valence-corrected chi connectivity index (χ2v) is 4.12. The number of ether oxygens (including phenoxy) is 1. The Balaban J connectivity index is 1.91. The van der Waals surface area contributed by atoms with Gasteiger partial charge in [0, 0.05) is 19.6 Å². The van der Waals surface area contributed by atoms with E-state index in [9.17, 15) is 0 Å². The Hall–Kier alpha value is -0.120. The molecule has 0 atom stereocenters. The second kappa shape index (κ2) is 7.21. The first-order chi connectivity index (χ1) is 6.83. The third-order valence-electron chi connectivity index (χ3n) is 2.72. The van der Waals surface area contributed by atoms with Crippen LogP contribution in [0, 0.1) is 0 Å². The zero-order chi connectivity index (χ0) is 10.2. The van der Waals surface area contributed by atoms with Crippen molar-refractivity contribution in [1.82, 2.24) is 10.2 Å². The monoisotopic (exact) mass is 200 g/mol. The van der Waals surface area contributed by atoms with Crippen molar-refractivity contribution in [2.45, 2.75) is 32.3 Å². The van der Waals surface area contributed by atoms with Gasteiger partial charge in [-0.3, -0.25) is 0 Å². The summed E-state index contributed by atoms with van der Waals surface area (Å²) in [6.07, 6.45) is 4.11. The number of likely N-dealkylation sites (tertiary alicyclic amines) is 1. The SMILES string of the molecule is CCCNCCOC1CCN(C)CC1. The van der Waals surface area contributed by atoms with E-state index in [2.05, 4.69) is 24.2 Å². The molecular formula is C11H24N2O. The first-order valence-corrected chi connectivity index (χ1v) is 5.83. The van der Waals surface area contributed by atoms with Gasteiger partial charge in [0.25, 0.3) is 0 Å². The van der Waals surface area contributed by atoms with Crippen LogP contribution in [0.1, 0.15) is 26.2 Å². The molecule has 0 saturated carbocycles. The fourth-order valence-corrected chi connectivity index (χ4v) is 1.75. The van der Waals surface area contributed by atoms with E-state index in [-0.39, 0.29) is 0 Å². The third kappa shape index (κ3) is 4.94. The summed E-state index contributed by atoms with van der Waals surface area (Å²) in [6, 6.07) is 0. The smallest absolute Gasteiger partial charge is 0.0600 e. The van der Waals surface area contributed by atoms with E-state index in [1.165, 1.54) is 32.4 Å². The minimum atomic E-state index is 0.509. The maximum absolute atomic E-state index is 5.79. The minimum Gasteiger partial charge on any atom is -0.377 e. The summed E-state index contributed by atoms with van der Waals surface area (Å²) in [7, 11) is 2.18. The van der Waals surface area contributed by atoms with Crippen LogP contribution in [0.3, 0.4) is 0 Å². The van der Waals surface area contributed by atoms with Crippen LogP contribution >= 0.6 is 0 Å². The standard InChI is InChI=1S/C11H24N2O/c1-3-6-12-7-10-14-11-4-8-13(2)9-5-11/h11-12H,3-10H2,1-2H3. The number of nitrogens with zero attached hydrogens (tertiary/aromatic N) is 1. The van der Waals surface area contributed by atoms with Crippen molar-refractivity contribution in [3.8, 4) is 0 Å². The van der Waals surface area contributed by atoms with E-state index in [1.54, 1.807) is 0 Å². The van der Waals surface area contributed by atoms with Crippen molar-refractivity contribution in [1.29, 1.82) is 0 Å². The summed E-state index contributed by atoms with van der Waals surface area (Å²) < 4.78 is 5.79. The number of piperidine rings is 1. The largest absolute Gasteiger partial charge is 0.377 e. The van der Waals surface area contributed by atoms with Crippen LogP contribution in [0.25, 0.3) is 0 Å². The molecule has 1 aliphatic rings. The van der Waals surface area contributed by atoms with E-state index in [0.717, 1.165) is 19.7 Å². The van der Waals surface area contributed by atoms with Crippen molar-refractivity contribution in [3.05, 3.63) is 0 Å². The van der Waals surface area contributed by atoms with Crippen molar-refractivity contribution in [3.63, 3.8) is 0 Å². The van der Waals surface area contributed by atoms with Crippen LogP contribution in [-0.2, 0) is 4.74 Å². The zero-order valence-electron chi connectivity index (χ0n) is 9.59. The van der Waals surface area contributed by atoms with Crippen LogP contribution in [-0.4, -0.2) is 50.8 Å². The number of nitrogens with one attached hydrogen (secondary N) is 1. The molecule has 1 rings (SSSR count).